The molecule has 1 aliphatic heterocycles. The molecule has 1 fully saturated rings. The molecule has 0 saturated carbocycles. The second kappa shape index (κ2) is 4.32. The Hall–Kier alpha value is -1.24. The zero-order valence-corrected chi connectivity index (χ0v) is 9.91. The highest BCUT2D eigenvalue weighted by Crippen LogP contribution is 2.30. The van der Waals surface area contributed by atoms with Gasteiger partial charge in [-0.2, -0.15) is 5.26 Å². The van der Waals surface area contributed by atoms with Crippen molar-refractivity contribution >= 4 is 17.3 Å². The SMILES string of the molecule is CC1C(N)CCN1c1cc(Cl)ccc1C#N. The summed E-state index contributed by atoms with van der Waals surface area (Å²) in [5.41, 5.74) is 7.53. The van der Waals surface area contributed by atoms with Gasteiger partial charge in [-0.15, -0.1) is 0 Å². The van der Waals surface area contributed by atoms with Crippen LogP contribution >= 0.6 is 11.6 Å². The Labute approximate surface area is 100 Å². The molecule has 1 aromatic rings. The smallest absolute Gasteiger partial charge is 0.101 e. The first-order valence-corrected chi connectivity index (χ1v) is 5.73. The Morgan fingerprint density at radius 2 is 2.31 bits per heavy atom. The maximum absolute atomic E-state index is 9.07. The van der Waals surface area contributed by atoms with Gasteiger partial charge in [-0.25, -0.2) is 0 Å². The van der Waals surface area contributed by atoms with E-state index >= 15 is 0 Å². The van der Waals surface area contributed by atoms with Crippen molar-refractivity contribution in [3.8, 4) is 6.07 Å². The van der Waals surface area contributed by atoms with Gasteiger partial charge in [0.2, 0.25) is 0 Å². The Kier molecular flexibility index (Phi) is 3.04. The second-order valence-electron chi connectivity index (χ2n) is 4.16. The summed E-state index contributed by atoms with van der Waals surface area (Å²) in [5.74, 6) is 0. The fraction of sp³-hybridized carbons (Fsp3) is 0.417. The van der Waals surface area contributed by atoms with Gasteiger partial charge in [0.25, 0.3) is 0 Å². The summed E-state index contributed by atoms with van der Waals surface area (Å²) in [6.45, 7) is 2.97. The number of hydrogen-bond donors (Lipinski definition) is 1. The van der Waals surface area contributed by atoms with Crippen LogP contribution in [0.25, 0.3) is 0 Å². The number of nitrogens with zero attached hydrogens (tertiary/aromatic N) is 2. The van der Waals surface area contributed by atoms with Crippen LogP contribution < -0.4 is 10.6 Å². The summed E-state index contributed by atoms with van der Waals surface area (Å²) in [5, 5.41) is 9.73. The molecule has 1 saturated heterocycles. The third-order valence-electron chi connectivity index (χ3n) is 3.20. The van der Waals surface area contributed by atoms with Gasteiger partial charge in [0.1, 0.15) is 6.07 Å². The van der Waals surface area contributed by atoms with Crippen LogP contribution in [-0.2, 0) is 0 Å². The predicted molar refractivity (Wildman–Crippen MR) is 65.6 cm³/mol. The van der Waals surface area contributed by atoms with Gasteiger partial charge < -0.3 is 10.6 Å². The largest absolute Gasteiger partial charge is 0.366 e. The fourth-order valence-electron chi connectivity index (χ4n) is 2.14. The second-order valence-corrected chi connectivity index (χ2v) is 4.60. The Balaban J connectivity index is 2.40. The van der Waals surface area contributed by atoms with Crippen molar-refractivity contribution in [2.24, 2.45) is 5.73 Å². The Morgan fingerprint density at radius 1 is 1.56 bits per heavy atom. The summed E-state index contributed by atoms with van der Waals surface area (Å²) in [7, 11) is 0. The van der Waals surface area contributed by atoms with Gasteiger partial charge in [-0.1, -0.05) is 11.6 Å². The summed E-state index contributed by atoms with van der Waals surface area (Å²) < 4.78 is 0. The minimum absolute atomic E-state index is 0.172. The van der Waals surface area contributed by atoms with Gasteiger partial charge in [-0.05, 0) is 31.5 Å². The summed E-state index contributed by atoms with van der Waals surface area (Å²) in [6, 6.07) is 7.96. The lowest BCUT2D eigenvalue weighted by atomic mass is 10.1. The van der Waals surface area contributed by atoms with Crippen molar-refractivity contribution < 1.29 is 0 Å². The zero-order chi connectivity index (χ0) is 11.7. The molecule has 0 aliphatic carbocycles. The molecular formula is C12H14ClN3. The first-order chi connectivity index (χ1) is 7.63. The van der Waals surface area contributed by atoms with Crippen LogP contribution in [0.1, 0.15) is 18.9 Å². The Bertz CT molecular complexity index is 438. The van der Waals surface area contributed by atoms with E-state index in [0.29, 0.717) is 10.6 Å². The van der Waals surface area contributed by atoms with Crippen molar-refractivity contribution in [1.82, 2.24) is 0 Å². The maximum atomic E-state index is 9.07. The average molecular weight is 236 g/mol. The van der Waals surface area contributed by atoms with Crippen molar-refractivity contribution in [2.75, 3.05) is 11.4 Å². The molecule has 1 aromatic carbocycles. The van der Waals surface area contributed by atoms with Crippen LogP contribution in [0.2, 0.25) is 5.02 Å². The topological polar surface area (TPSA) is 53.0 Å². The van der Waals surface area contributed by atoms with Crippen LogP contribution in [-0.4, -0.2) is 18.6 Å². The molecule has 1 aliphatic rings. The van der Waals surface area contributed by atoms with Crippen LogP contribution in [0.15, 0.2) is 18.2 Å². The van der Waals surface area contributed by atoms with E-state index in [1.807, 2.05) is 6.07 Å². The van der Waals surface area contributed by atoms with Gasteiger partial charge >= 0.3 is 0 Å². The molecule has 2 unspecified atom stereocenters. The maximum Gasteiger partial charge on any atom is 0.101 e. The summed E-state index contributed by atoms with van der Waals surface area (Å²) in [6.07, 6.45) is 0.957. The predicted octanol–water partition coefficient (Wildman–Crippen LogP) is 2.14. The molecule has 0 amide bonds. The van der Waals surface area contributed by atoms with Crippen LogP contribution in [0.3, 0.4) is 0 Å². The normalized spacial score (nSPS) is 24.5. The highest BCUT2D eigenvalue weighted by molar-refractivity contribution is 6.30. The van der Waals surface area contributed by atoms with Crippen molar-refractivity contribution in [3.05, 3.63) is 28.8 Å². The van der Waals surface area contributed by atoms with E-state index in [0.717, 1.165) is 18.7 Å². The molecule has 3 nitrogen and oxygen atoms in total. The van der Waals surface area contributed by atoms with Crippen LogP contribution in [0.5, 0.6) is 0 Å². The minimum Gasteiger partial charge on any atom is -0.366 e. The third kappa shape index (κ3) is 1.87. The van der Waals surface area contributed by atoms with Crippen LogP contribution in [0, 0.1) is 11.3 Å². The highest BCUT2D eigenvalue weighted by Gasteiger charge is 2.29. The molecule has 16 heavy (non-hydrogen) atoms. The zero-order valence-electron chi connectivity index (χ0n) is 9.15. The molecule has 0 bridgehead atoms. The summed E-state index contributed by atoms with van der Waals surface area (Å²) in [4.78, 5) is 2.16. The molecule has 4 heteroatoms. The number of anilines is 1. The van der Waals surface area contributed by atoms with E-state index in [2.05, 4.69) is 17.9 Å². The molecule has 0 radical (unpaired) electrons. The van der Waals surface area contributed by atoms with E-state index in [9.17, 15) is 0 Å². The molecule has 84 valence electrons. The van der Waals surface area contributed by atoms with E-state index < -0.39 is 0 Å². The fourth-order valence-corrected chi connectivity index (χ4v) is 2.31. The molecule has 1 heterocycles. The van der Waals surface area contributed by atoms with Crippen molar-refractivity contribution in [1.29, 1.82) is 5.26 Å². The number of nitrogens with two attached hydrogens (primary N) is 1. The molecule has 2 rings (SSSR count). The Morgan fingerprint density at radius 3 is 2.88 bits per heavy atom. The number of benzene rings is 1. The minimum atomic E-state index is 0.172. The number of rotatable bonds is 1. The molecule has 0 spiro atoms. The lowest BCUT2D eigenvalue weighted by Crippen LogP contribution is -2.37. The molecule has 2 N–H and O–H groups in total. The first kappa shape index (κ1) is 11.3. The van der Waals surface area contributed by atoms with E-state index in [4.69, 9.17) is 22.6 Å². The van der Waals surface area contributed by atoms with Gasteiger partial charge in [0, 0.05) is 23.7 Å². The summed E-state index contributed by atoms with van der Waals surface area (Å²) >= 11 is 5.97. The first-order valence-electron chi connectivity index (χ1n) is 5.35. The molecular weight excluding hydrogens is 222 g/mol. The number of halogens is 1. The van der Waals surface area contributed by atoms with Crippen molar-refractivity contribution in [3.63, 3.8) is 0 Å². The lowest BCUT2D eigenvalue weighted by molar-refractivity contribution is 0.624. The lowest BCUT2D eigenvalue weighted by Gasteiger charge is -2.26. The van der Waals surface area contributed by atoms with Gasteiger partial charge in [0.15, 0.2) is 0 Å². The number of nitriles is 1. The van der Waals surface area contributed by atoms with Crippen molar-refractivity contribution in [2.45, 2.75) is 25.4 Å². The van der Waals surface area contributed by atoms with E-state index in [1.165, 1.54) is 0 Å². The highest BCUT2D eigenvalue weighted by atomic mass is 35.5. The molecule has 2 atom stereocenters. The van der Waals surface area contributed by atoms with Gasteiger partial charge in [-0.3, -0.25) is 0 Å². The van der Waals surface area contributed by atoms with Gasteiger partial charge in [0.05, 0.1) is 11.3 Å². The average Bonchev–Trinajstić information content (AvgIpc) is 2.60. The third-order valence-corrected chi connectivity index (χ3v) is 3.44. The van der Waals surface area contributed by atoms with E-state index in [1.54, 1.807) is 12.1 Å². The quantitative estimate of drug-likeness (QED) is 0.812. The number of hydrogen-bond acceptors (Lipinski definition) is 3. The molecule has 0 aromatic heterocycles. The van der Waals surface area contributed by atoms with E-state index in [-0.39, 0.29) is 12.1 Å². The van der Waals surface area contributed by atoms with Crippen LogP contribution in [0.4, 0.5) is 5.69 Å². The standard InChI is InChI=1S/C12H14ClN3/c1-8-11(15)4-5-16(8)12-6-10(13)3-2-9(12)7-14/h2-3,6,8,11H,4-5,15H2,1H3. The monoisotopic (exact) mass is 235 g/mol.